The molecule has 2 N–H and O–H groups in total. The van der Waals surface area contributed by atoms with E-state index in [4.69, 9.17) is 5.73 Å². The molecule has 0 radical (unpaired) electrons. The molecule has 0 bridgehead atoms. The largest absolute Gasteiger partial charge is 0.368 e. The van der Waals surface area contributed by atoms with Crippen LogP contribution in [-0.4, -0.2) is 27.1 Å². The number of hydrogen-bond acceptors (Lipinski definition) is 5. The molecule has 2 aliphatic rings. The van der Waals surface area contributed by atoms with Crippen LogP contribution in [0.3, 0.4) is 0 Å². The van der Waals surface area contributed by atoms with Crippen LogP contribution in [0.25, 0.3) is 5.57 Å². The normalized spacial score (nSPS) is 16.2. The van der Waals surface area contributed by atoms with Crippen LogP contribution in [0.15, 0.2) is 35.2 Å². The number of fused-ring (bicyclic) bond motifs is 1. The summed E-state index contributed by atoms with van der Waals surface area (Å²) in [5.41, 5.74) is 9.73. The molecule has 0 aliphatic carbocycles. The first-order chi connectivity index (χ1) is 10.8. The van der Waals surface area contributed by atoms with Crippen molar-refractivity contribution in [3.8, 4) is 12.0 Å². The van der Waals surface area contributed by atoms with E-state index in [1.807, 2.05) is 17.2 Å². The predicted molar refractivity (Wildman–Crippen MR) is 88.6 cm³/mol. The number of aromatic nitrogens is 2. The van der Waals surface area contributed by atoms with E-state index in [2.05, 4.69) is 39.9 Å². The highest BCUT2D eigenvalue weighted by Gasteiger charge is 2.26. The number of aliphatic imine (C=N–C) groups is 1. The number of anilines is 1. The molecule has 3 heterocycles. The summed E-state index contributed by atoms with van der Waals surface area (Å²) in [6.07, 6.45) is 9.82. The summed E-state index contributed by atoms with van der Waals surface area (Å²) < 4.78 is 0. The van der Waals surface area contributed by atoms with Gasteiger partial charge in [0, 0.05) is 36.9 Å². The minimum Gasteiger partial charge on any atom is -0.368 e. The van der Waals surface area contributed by atoms with E-state index in [0.29, 0.717) is 6.54 Å². The first kappa shape index (κ1) is 14.3. The number of rotatable bonds is 3. The topological polar surface area (TPSA) is 67.4 Å². The molecular formula is C17H19N5. The van der Waals surface area contributed by atoms with Gasteiger partial charge >= 0.3 is 0 Å². The maximum Gasteiger partial charge on any atom is 0.220 e. The highest BCUT2D eigenvalue weighted by atomic mass is 15.1. The van der Waals surface area contributed by atoms with E-state index >= 15 is 0 Å². The van der Waals surface area contributed by atoms with Gasteiger partial charge in [-0.3, -0.25) is 9.89 Å². The van der Waals surface area contributed by atoms with Gasteiger partial charge in [-0.1, -0.05) is 25.3 Å². The van der Waals surface area contributed by atoms with Crippen LogP contribution >= 0.6 is 0 Å². The maximum absolute atomic E-state index is 5.70. The lowest BCUT2D eigenvalue weighted by Crippen LogP contribution is -2.21. The maximum atomic E-state index is 5.70. The molecule has 3 rings (SSSR count). The van der Waals surface area contributed by atoms with Crippen LogP contribution in [0, 0.1) is 12.0 Å². The second-order valence-corrected chi connectivity index (χ2v) is 5.24. The Morgan fingerprint density at radius 3 is 3.14 bits per heavy atom. The zero-order valence-electron chi connectivity index (χ0n) is 12.7. The molecule has 0 atom stereocenters. The Balaban J connectivity index is 1.95. The van der Waals surface area contributed by atoms with Crippen LogP contribution in [0.2, 0.25) is 0 Å². The van der Waals surface area contributed by atoms with E-state index in [-0.39, 0.29) is 5.95 Å². The zero-order valence-corrected chi connectivity index (χ0v) is 12.7. The Hall–Kier alpha value is -2.61. The fourth-order valence-electron chi connectivity index (χ4n) is 2.53. The van der Waals surface area contributed by atoms with E-state index < -0.39 is 0 Å². The molecule has 0 spiro atoms. The Labute approximate surface area is 130 Å². The number of allylic oxidation sites excluding steroid dienone is 2. The quantitative estimate of drug-likeness (QED) is 0.687. The molecule has 0 saturated heterocycles. The highest BCUT2D eigenvalue weighted by Crippen LogP contribution is 2.30. The lowest BCUT2D eigenvalue weighted by Gasteiger charge is -2.21. The molecule has 5 nitrogen and oxygen atoms in total. The average molecular weight is 293 g/mol. The van der Waals surface area contributed by atoms with E-state index in [9.17, 15) is 0 Å². The molecule has 2 aliphatic heterocycles. The van der Waals surface area contributed by atoms with E-state index in [1.165, 1.54) is 0 Å². The summed E-state index contributed by atoms with van der Waals surface area (Å²) in [6.45, 7) is 2.79. The Morgan fingerprint density at radius 1 is 1.41 bits per heavy atom. The van der Waals surface area contributed by atoms with E-state index in [1.54, 1.807) is 6.20 Å². The Kier molecular flexibility index (Phi) is 4.19. The summed E-state index contributed by atoms with van der Waals surface area (Å²) in [7, 11) is 0. The highest BCUT2D eigenvalue weighted by molar-refractivity contribution is 6.10. The van der Waals surface area contributed by atoms with Gasteiger partial charge in [0.2, 0.25) is 5.95 Å². The van der Waals surface area contributed by atoms with Crippen LogP contribution in [-0.2, 0) is 0 Å². The molecule has 1 aromatic heterocycles. The molecule has 22 heavy (non-hydrogen) atoms. The van der Waals surface area contributed by atoms with Crippen molar-refractivity contribution in [3.05, 3.63) is 35.9 Å². The van der Waals surface area contributed by atoms with Gasteiger partial charge in [0.25, 0.3) is 0 Å². The molecule has 0 saturated carbocycles. The minimum atomic E-state index is 0.283. The van der Waals surface area contributed by atoms with Gasteiger partial charge in [0.05, 0.1) is 23.6 Å². The smallest absolute Gasteiger partial charge is 0.220 e. The lowest BCUT2D eigenvalue weighted by atomic mass is 10.0. The van der Waals surface area contributed by atoms with Gasteiger partial charge in [-0.25, -0.2) is 9.97 Å². The molecule has 0 aromatic carbocycles. The van der Waals surface area contributed by atoms with Gasteiger partial charge in [0.15, 0.2) is 0 Å². The van der Waals surface area contributed by atoms with Crippen molar-refractivity contribution in [2.45, 2.75) is 32.6 Å². The third-order valence-corrected chi connectivity index (χ3v) is 3.63. The summed E-state index contributed by atoms with van der Waals surface area (Å²) in [6, 6.07) is 5.10. The summed E-state index contributed by atoms with van der Waals surface area (Å²) in [5.74, 6) is 3.51. The molecule has 0 unspecified atom stereocenters. The second kappa shape index (κ2) is 6.44. The number of unbranched alkanes of at least 4 members (excludes halogenated alkanes) is 2. The molecule has 0 fully saturated rings. The standard InChI is InChI=1S/C17H19N5/c1-2-3-4-5-10-22-11-6-7-15-16(22)13(12-20-15)14-8-9-19-17(18)21-14/h6,8-9,11H,2-4,7,12H2,1H3,(H2,18,19,21). The second-order valence-electron chi connectivity index (χ2n) is 5.24. The molecule has 5 heteroatoms. The fourth-order valence-corrected chi connectivity index (χ4v) is 2.53. The first-order valence-corrected chi connectivity index (χ1v) is 7.59. The van der Waals surface area contributed by atoms with Crippen molar-refractivity contribution in [2.75, 3.05) is 12.3 Å². The van der Waals surface area contributed by atoms with Gasteiger partial charge in [-0.2, -0.15) is 0 Å². The SMILES string of the molecule is CCCCC#CN1C=CCC2=NCC(c3ccnc(N)n3)=C21. The number of nitrogens with zero attached hydrogens (tertiary/aromatic N) is 4. The zero-order chi connectivity index (χ0) is 15.4. The number of nitrogen functional groups attached to an aromatic ring is 1. The molecular weight excluding hydrogens is 274 g/mol. The Morgan fingerprint density at radius 2 is 2.32 bits per heavy atom. The summed E-state index contributed by atoms with van der Waals surface area (Å²) >= 11 is 0. The van der Waals surface area contributed by atoms with Crippen molar-refractivity contribution < 1.29 is 0 Å². The van der Waals surface area contributed by atoms with Gasteiger partial charge < -0.3 is 5.73 Å². The third-order valence-electron chi connectivity index (χ3n) is 3.63. The van der Waals surface area contributed by atoms with E-state index in [0.717, 1.165) is 48.4 Å². The van der Waals surface area contributed by atoms with Crippen LogP contribution in [0.4, 0.5) is 5.95 Å². The number of nitrogens with two attached hydrogens (primary N) is 1. The van der Waals surface area contributed by atoms with Crippen molar-refractivity contribution in [1.29, 1.82) is 0 Å². The predicted octanol–water partition coefficient (Wildman–Crippen LogP) is 2.59. The fraction of sp³-hybridized carbons (Fsp3) is 0.353. The molecule has 112 valence electrons. The number of hydrogen-bond donors (Lipinski definition) is 1. The first-order valence-electron chi connectivity index (χ1n) is 7.59. The van der Waals surface area contributed by atoms with Crippen molar-refractivity contribution in [1.82, 2.24) is 14.9 Å². The van der Waals surface area contributed by atoms with Gasteiger partial charge in [-0.15, -0.1) is 0 Å². The third kappa shape index (κ3) is 2.86. The molecule has 0 amide bonds. The van der Waals surface area contributed by atoms with Crippen LogP contribution < -0.4 is 5.73 Å². The van der Waals surface area contributed by atoms with Crippen molar-refractivity contribution in [2.24, 2.45) is 4.99 Å². The summed E-state index contributed by atoms with van der Waals surface area (Å²) in [5, 5.41) is 0. The van der Waals surface area contributed by atoms with Crippen LogP contribution in [0.1, 0.15) is 38.3 Å². The van der Waals surface area contributed by atoms with Crippen LogP contribution in [0.5, 0.6) is 0 Å². The monoisotopic (exact) mass is 293 g/mol. The average Bonchev–Trinajstić information content (AvgIpc) is 2.96. The lowest BCUT2D eigenvalue weighted by molar-refractivity contribution is 0.686. The minimum absolute atomic E-state index is 0.283. The van der Waals surface area contributed by atoms with Gasteiger partial charge in [0.1, 0.15) is 0 Å². The molecule has 1 aromatic rings. The van der Waals surface area contributed by atoms with Crippen molar-refractivity contribution >= 4 is 17.2 Å². The Bertz CT molecular complexity index is 718. The van der Waals surface area contributed by atoms with Gasteiger partial charge in [-0.05, 0) is 12.5 Å². The van der Waals surface area contributed by atoms with Crippen molar-refractivity contribution in [3.63, 3.8) is 0 Å². The summed E-state index contributed by atoms with van der Waals surface area (Å²) in [4.78, 5) is 14.9.